The fourth-order valence-electron chi connectivity index (χ4n) is 3.60. The Morgan fingerprint density at radius 3 is 2.60 bits per heavy atom. The summed E-state index contributed by atoms with van der Waals surface area (Å²) >= 11 is 0. The van der Waals surface area contributed by atoms with Crippen molar-refractivity contribution in [2.75, 3.05) is 39.3 Å². The van der Waals surface area contributed by atoms with Gasteiger partial charge in [-0.1, -0.05) is 35.5 Å². The Balaban J connectivity index is 1.23. The van der Waals surface area contributed by atoms with Gasteiger partial charge in [-0.3, -0.25) is 9.80 Å². The van der Waals surface area contributed by atoms with Gasteiger partial charge in [-0.2, -0.15) is 4.98 Å². The molecule has 0 aliphatic carbocycles. The van der Waals surface area contributed by atoms with Crippen LogP contribution in [0.5, 0.6) is 0 Å². The lowest BCUT2D eigenvalue weighted by molar-refractivity contribution is 0.0468. The topological polar surface area (TPSA) is 54.6 Å². The van der Waals surface area contributed by atoms with Gasteiger partial charge in [0.2, 0.25) is 5.89 Å². The van der Waals surface area contributed by atoms with Gasteiger partial charge in [-0.05, 0) is 18.4 Å². The summed E-state index contributed by atoms with van der Waals surface area (Å²) in [6.45, 7) is 7.03. The third-order valence-electron chi connectivity index (χ3n) is 5.02. The number of ether oxygens (including phenoxy) is 1. The van der Waals surface area contributed by atoms with E-state index < -0.39 is 0 Å². The van der Waals surface area contributed by atoms with Crippen LogP contribution in [-0.2, 0) is 17.7 Å². The van der Waals surface area contributed by atoms with Gasteiger partial charge in [0.1, 0.15) is 0 Å². The van der Waals surface area contributed by atoms with Crippen molar-refractivity contribution < 1.29 is 9.26 Å². The van der Waals surface area contributed by atoms with E-state index in [0.29, 0.717) is 6.10 Å². The Morgan fingerprint density at radius 1 is 1.04 bits per heavy atom. The van der Waals surface area contributed by atoms with Crippen LogP contribution in [-0.4, -0.2) is 65.4 Å². The number of benzene rings is 1. The van der Waals surface area contributed by atoms with E-state index in [1.54, 1.807) is 0 Å². The van der Waals surface area contributed by atoms with E-state index in [2.05, 4.69) is 32.1 Å². The monoisotopic (exact) mass is 342 g/mol. The average molecular weight is 342 g/mol. The average Bonchev–Trinajstić information content (AvgIpc) is 3.30. The minimum atomic E-state index is 0.447. The molecule has 1 atom stereocenters. The molecule has 0 spiro atoms. The third-order valence-corrected chi connectivity index (χ3v) is 5.02. The van der Waals surface area contributed by atoms with Gasteiger partial charge in [0, 0.05) is 45.8 Å². The first-order valence-electron chi connectivity index (χ1n) is 9.27. The van der Waals surface area contributed by atoms with Gasteiger partial charge in [-0.25, -0.2) is 0 Å². The minimum Gasteiger partial charge on any atom is -0.377 e. The summed E-state index contributed by atoms with van der Waals surface area (Å²) in [6.07, 6.45) is 3.60. The second kappa shape index (κ2) is 8.08. The lowest BCUT2D eigenvalue weighted by Crippen LogP contribution is -2.48. The molecule has 25 heavy (non-hydrogen) atoms. The summed E-state index contributed by atoms with van der Waals surface area (Å²) in [5.74, 6) is 1.48. The summed E-state index contributed by atoms with van der Waals surface area (Å²) in [4.78, 5) is 9.46. The molecule has 2 saturated heterocycles. The van der Waals surface area contributed by atoms with Crippen molar-refractivity contribution in [3.63, 3.8) is 0 Å². The molecule has 0 bridgehead atoms. The molecule has 2 aliphatic heterocycles. The number of nitrogens with zero attached hydrogens (tertiary/aromatic N) is 4. The highest BCUT2D eigenvalue weighted by Crippen LogP contribution is 2.15. The number of piperazine rings is 1. The second-order valence-electron chi connectivity index (χ2n) is 6.98. The molecule has 2 aliphatic rings. The number of hydrogen-bond donors (Lipinski definition) is 0. The van der Waals surface area contributed by atoms with Gasteiger partial charge in [0.15, 0.2) is 5.82 Å². The normalized spacial score (nSPS) is 22.5. The molecule has 134 valence electrons. The molecular formula is C19H26N4O2. The quantitative estimate of drug-likeness (QED) is 0.800. The second-order valence-corrected chi connectivity index (χ2v) is 6.98. The molecular weight excluding hydrogens is 316 g/mol. The smallest absolute Gasteiger partial charge is 0.240 e. The number of aromatic nitrogens is 2. The molecule has 2 aromatic rings. The van der Waals surface area contributed by atoms with Crippen LogP contribution in [0.15, 0.2) is 34.9 Å². The Kier molecular flexibility index (Phi) is 5.40. The van der Waals surface area contributed by atoms with Crippen LogP contribution in [0.3, 0.4) is 0 Å². The van der Waals surface area contributed by atoms with Crippen LogP contribution in [0.4, 0.5) is 0 Å². The first-order valence-corrected chi connectivity index (χ1v) is 9.27. The van der Waals surface area contributed by atoms with Gasteiger partial charge < -0.3 is 9.26 Å². The van der Waals surface area contributed by atoms with Gasteiger partial charge in [0.25, 0.3) is 0 Å². The molecule has 1 aromatic heterocycles. The molecule has 6 heteroatoms. The Hall–Kier alpha value is -1.76. The summed E-state index contributed by atoms with van der Waals surface area (Å²) in [5.41, 5.74) is 1.21. The van der Waals surface area contributed by atoms with E-state index >= 15 is 0 Å². The van der Waals surface area contributed by atoms with Crippen molar-refractivity contribution in [3.05, 3.63) is 47.6 Å². The molecule has 0 radical (unpaired) electrons. The highest BCUT2D eigenvalue weighted by atomic mass is 16.5. The predicted molar refractivity (Wildman–Crippen MR) is 94.2 cm³/mol. The van der Waals surface area contributed by atoms with E-state index in [-0.39, 0.29) is 0 Å². The van der Waals surface area contributed by atoms with Crippen LogP contribution >= 0.6 is 0 Å². The summed E-state index contributed by atoms with van der Waals surface area (Å²) in [7, 11) is 0. The highest BCUT2D eigenvalue weighted by molar-refractivity contribution is 5.18. The van der Waals surface area contributed by atoms with Crippen LogP contribution in [0.25, 0.3) is 0 Å². The maximum Gasteiger partial charge on any atom is 0.240 e. The van der Waals surface area contributed by atoms with E-state index in [9.17, 15) is 0 Å². The lowest BCUT2D eigenvalue weighted by atomic mass is 10.1. The molecule has 2 fully saturated rings. The predicted octanol–water partition coefficient (Wildman–Crippen LogP) is 1.96. The maximum atomic E-state index is 5.74. The summed E-state index contributed by atoms with van der Waals surface area (Å²) in [5, 5.41) is 4.12. The zero-order valence-electron chi connectivity index (χ0n) is 14.6. The minimum absolute atomic E-state index is 0.447. The fraction of sp³-hybridized carbons (Fsp3) is 0.579. The largest absolute Gasteiger partial charge is 0.377 e. The van der Waals surface area contributed by atoms with Crippen LogP contribution in [0, 0.1) is 0 Å². The Morgan fingerprint density at radius 2 is 1.84 bits per heavy atom. The molecule has 0 saturated carbocycles. The van der Waals surface area contributed by atoms with Crippen molar-refractivity contribution in [1.29, 1.82) is 0 Å². The van der Waals surface area contributed by atoms with Crippen LogP contribution in [0.2, 0.25) is 0 Å². The third kappa shape index (κ3) is 4.66. The molecule has 0 N–H and O–H groups in total. The van der Waals surface area contributed by atoms with Crippen LogP contribution < -0.4 is 0 Å². The molecule has 3 heterocycles. The zero-order chi connectivity index (χ0) is 16.9. The lowest BCUT2D eigenvalue weighted by Gasteiger charge is -2.34. The molecule has 0 unspecified atom stereocenters. The Bertz CT molecular complexity index is 646. The zero-order valence-corrected chi connectivity index (χ0v) is 14.6. The van der Waals surface area contributed by atoms with Crippen molar-refractivity contribution in [1.82, 2.24) is 19.9 Å². The van der Waals surface area contributed by atoms with E-state index in [1.165, 1.54) is 18.4 Å². The highest BCUT2D eigenvalue weighted by Gasteiger charge is 2.23. The molecule has 0 amide bonds. The van der Waals surface area contributed by atoms with Crippen molar-refractivity contribution in [2.24, 2.45) is 0 Å². The fourth-order valence-corrected chi connectivity index (χ4v) is 3.60. The maximum absolute atomic E-state index is 5.74. The summed E-state index contributed by atoms with van der Waals surface area (Å²) in [6, 6.07) is 10.3. The SMILES string of the molecule is c1ccc(Cc2noc(CN3CCN(C[C@H]4CCCO4)CC3)n2)cc1. The standard InChI is InChI=1S/C19H26N4O2/c1-2-5-16(6-3-1)13-18-20-19(25-21-18)15-23-10-8-22(9-11-23)14-17-7-4-12-24-17/h1-3,5-6,17H,4,7-15H2/t17-/m1/s1. The van der Waals surface area contributed by atoms with Gasteiger partial charge in [0.05, 0.1) is 12.6 Å². The van der Waals surface area contributed by atoms with Crippen molar-refractivity contribution in [2.45, 2.75) is 31.9 Å². The number of hydrogen-bond acceptors (Lipinski definition) is 6. The molecule has 6 nitrogen and oxygen atoms in total. The molecule has 1 aromatic carbocycles. The van der Waals surface area contributed by atoms with Gasteiger partial charge >= 0.3 is 0 Å². The van der Waals surface area contributed by atoms with Gasteiger partial charge in [-0.15, -0.1) is 0 Å². The van der Waals surface area contributed by atoms with E-state index in [0.717, 1.165) is 64.0 Å². The van der Waals surface area contributed by atoms with Crippen molar-refractivity contribution in [3.8, 4) is 0 Å². The van der Waals surface area contributed by atoms with E-state index in [1.807, 2.05) is 18.2 Å². The van der Waals surface area contributed by atoms with Crippen molar-refractivity contribution >= 4 is 0 Å². The van der Waals surface area contributed by atoms with E-state index in [4.69, 9.17) is 9.26 Å². The number of rotatable bonds is 6. The van der Waals surface area contributed by atoms with Crippen LogP contribution in [0.1, 0.15) is 30.1 Å². The summed E-state index contributed by atoms with van der Waals surface area (Å²) < 4.78 is 11.2. The first kappa shape index (κ1) is 16.7. The Labute approximate surface area is 148 Å². The molecule has 4 rings (SSSR count). The first-order chi connectivity index (χ1) is 12.3.